The summed E-state index contributed by atoms with van der Waals surface area (Å²) in [6, 6.07) is 0. The van der Waals surface area contributed by atoms with E-state index >= 15 is 0 Å². The van der Waals surface area contributed by atoms with Crippen LogP contribution >= 0.6 is 0 Å². The molecule has 3 unspecified atom stereocenters. The fourth-order valence-electron chi connectivity index (χ4n) is 8.61. The van der Waals surface area contributed by atoms with E-state index in [1.807, 2.05) is 0 Å². The Morgan fingerprint density at radius 2 is 1.75 bits per heavy atom. The molecule has 4 saturated carbocycles. The van der Waals surface area contributed by atoms with Crippen molar-refractivity contribution in [3.05, 3.63) is 36.2 Å². The third kappa shape index (κ3) is 2.70. The SMILES string of the molecule is C[C@]12CCC(C=O)CC1CC[C@@H]1[C@@H]2CC[C@]2(C)C(C3=CC=CC=CN3)CC[C@@H]12. The minimum absolute atomic E-state index is 0.341. The average Bonchev–Trinajstić information content (AvgIpc) is 2.87. The van der Waals surface area contributed by atoms with Crippen molar-refractivity contribution in [2.75, 3.05) is 0 Å². The van der Waals surface area contributed by atoms with Gasteiger partial charge in [-0.25, -0.2) is 0 Å². The molecule has 152 valence electrons. The molecule has 2 nitrogen and oxygen atoms in total. The van der Waals surface area contributed by atoms with Gasteiger partial charge in [-0.2, -0.15) is 0 Å². The quantitative estimate of drug-likeness (QED) is 0.595. The van der Waals surface area contributed by atoms with Gasteiger partial charge in [0.25, 0.3) is 0 Å². The number of hydrogen-bond donors (Lipinski definition) is 1. The highest BCUT2D eigenvalue weighted by atomic mass is 16.1. The van der Waals surface area contributed by atoms with Crippen LogP contribution in [0.15, 0.2) is 36.2 Å². The van der Waals surface area contributed by atoms with Crippen LogP contribution in [0, 0.1) is 46.3 Å². The lowest BCUT2D eigenvalue weighted by molar-refractivity contribution is -0.127. The van der Waals surface area contributed by atoms with Crippen LogP contribution in [0.5, 0.6) is 0 Å². The number of hydrogen-bond acceptors (Lipinski definition) is 2. The molecule has 5 rings (SSSR count). The van der Waals surface area contributed by atoms with Crippen molar-refractivity contribution in [2.45, 2.75) is 71.6 Å². The van der Waals surface area contributed by atoms with Gasteiger partial charge < -0.3 is 10.1 Å². The zero-order valence-corrected chi connectivity index (χ0v) is 17.7. The van der Waals surface area contributed by atoms with Gasteiger partial charge in [0.15, 0.2) is 0 Å². The topological polar surface area (TPSA) is 29.1 Å². The number of rotatable bonds is 2. The van der Waals surface area contributed by atoms with Gasteiger partial charge in [0.05, 0.1) is 0 Å². The summed E-state index contributed by atoms with van der Waals surface area (Å²) < 4.78 is 0. The van der Waals surface area contributed by atoms with Crippen LogP contribution in [0.2, 0.25) is 0 Å². The lowest BCUT2D eigenvalue weighted by Crippen LogP contribution is -2.53. The highest BCUT2D eigenvalue weighted by Crippen LogP contribution is 2.68. The van der Waals surface area contributed by atoms with E-state index in [2.05, 4.69) is 49.7 Å². The molecule has 4 aliphatic carbocycles. The summed E-state index contributed by atoms with van der Waals surface area (Å²) >= 11 is 0. The van der Waals surface area contributed by atoms with E-state index in [0.29, 0.717) is 22.7 Å². The van der Waals surface area contributed by atoms with E-state index in [0.717, 1.165) is 30.1 Å². The Bertz CT molecular complexity index is 720. The van der Waals surface area contributed by atoms with Crippen molar-refractivity contribution in [3.63, 3.8) is 0 Å². The summed E-state index contributed by atoms with van der Waals surface area (Å²) in [5, 5.41) is 3.60. The first-order valence-corrected chi connectivity index (χ1v) is 11.8. The molecule has 5 aliphatic rings. The zero-order valence-electron chi connectivity index (χ0n) is 17.7. The summed E-state index contributed by atoms with van der Waals surface area (Å²) in [5.41, 5.74) is 2.39. The van der Waals surface area contributed by atoms with E-state index in [1.165, 1.54) is 63.3 Å². The maximum absolute atomic E-state index is 11.4. The molecule has 0 spiro atoms. The van der Waals surface area contributed by atoms with E-state index in [-0.39, 0.29) is 0 Å². The molecular weight excluding hydrogens is 342 g/mol. The molecule has 0 amide bonds. The number of aldehydes is 1. The molecule has 1 N–H and O–H groups in total. The van der Waals surface area contributed by atoms with Crippen LogP contribution in [-0.2, 0) is 4.79 Å². The molecule has 0 bridgehead atoms. The van der Waals surface area contributed by atoms with Crippen LogP contribution in [0.1, 0.15) is 71.6 Å². The number of carbonyl (C=O) groups excluding carboxylic acids is 1. The van der Waals surface area contributed by atoms with Gasteiger partial charge in [0, 0.05) is 23.7 Å². The fourth-order valence-corrected chi connectivity index (χ4v) is 8.61. The smallest absolute Gasteiger partial charge is 0.123 e. The van der Waals surface area contributed by atoms with Crippen molar-refractivity contribution < 1.29 is 4.79 Å². The Labute approximate surface area is 170 Å². The monoisotopic (exact) mass is 379 g/mol. The van der Waals surface area contributed by atoms with E-state index < -0.39 is 0 Å². The first-order chi connectivity index (χ1) is 13.6. The highest BCUT2D eigenvalue weighted by molar-refractivity contribution is 5.53. The second-order valence-corrected chi connectivity index (χ2v) is 11.0. The fraction of sp³-hybridized carbons (Fsp3) is 0.731. The number of carbonyl (C=O) groups is 1. The van der Waals surface area contributed by atoms with Crippen molar-refractivity contribution >= 4 is 6.29 Å². The molecule has 0 radical (unpaired) electrons. The van der Waals surface area contributed by atoms with E-state index in [9.17, 15) is 4.79 Å². The van der Waals surface area contributed by atoms with E-state index in [4.69, 9.17) is 0 Å². The van der Waals surface area contributed by atoms with Crippen LogP contribution in [0.3, 0.4) is 0 Å². The molecule has 4 fully saturated rings. The normalized spacial score (nSPS) is 49.9. The highest BCUT2D eigenvalue weighted by Gasteiger charge is 2.60. The summed E-state index contributed by atoms with van der Waals surface area (Å²) in [6.45, 7) is 5.22. The Morgan fingerprint density at radius 1 is 0.929 bits per heavy atom. The molecule has 8 atom stereocenters. The van der Waals surface area contributed by atoms with Crippen LogP contribution < -0.4 is 5.32 Å². The molecule has 1 heterocycles. The average molecular weight is 380 g/mol. The minimum Gasteiger partial charge on any atom is -0.365 e. The largest absolute Gasteiger partial charge is 0.365 e. The summed E-state index contributed by atoms with van der Waals surface area (Å²) in [7, 11) is 0. The maximum Gasteiger partial charge on any atom is 0.123 e. The van der Waals surface area contributed by atoms with Crippen molar-refractivity contribution in [2.24, 2.45) is 46.3 Å². The molecule has 0 aromatic heterocycles. The third-order valence-corrected chi connectivity index (χ3v) is 10.1. The van der Waals surface area contributed by atoms with E-state index in [1.54, 1.807) is 0 Å². The Hall–Kier alpha value is -1.31. The van der Waals surface area contributed by atoms with Gasteiger partial charge in [0.1, 0.15) is 6.29 Å². The third-order valence-electron chi connectivity index (χ3n) is 10.1. The lowest BCUT2D eigenvalue weighted by atomic mass is 9.44. The summed E-state index contributed by atoms with van der Waals surface area (Å²) in [4.78, 5) is 11.4. The summed E-state index contributed by atoms with van der Waals surface area (Å²) in [6.07, 6.45) is 24.0. The number of nitrogens with one attached hydrogen (secondary N) is 1. The number of fused-ring (bicyclic) bond motifs is 5. The van der Waals surface area contributed by atoms with Gasteiger partial charge in [0.2, 0.25) is 0 Å². The predicted molar refractivity (Wildman–Crippen MR) is 114 cm³/mol. The van der Waals surface area contributed by atoms with Crippen molar-refractivity contribution in [3.8, 4) is 0 Å². The second-order valence-electron chi connectivity index (χ2n) is 11.0. The van der Waals surface area contributed by atoms with Crippen LogP contribution in [0.25, 0.3) is 0 Å². The molecule has 1 aliphatic heterocycles. The van der Waals surface area contributed by atoms with Gasteiger partial charge in [-0.15, -0.1) is 0 Å². The van der Waals surface area contributed by atoms with Gasteiger partial charge in [-0.1, -0.05) is 26.0 Å². The standard InChI is InChI=1S/C26H37NO/c1-25-13-11-18(17-28)16-19(25)7-8-20-21-9-10-23(24-6-4-3-5-15-27-24)26(21,2)14-12-22(20)25/h3-6,15,17-23,27H,7-14,16H2,1-2H3/t18?,19?,20-,21-,22-,23?,25-,26-/m0/s1. The Morgan fingerprint density at radius 3 is 2.61 bits per heavy atom. The molecule has 2 heteroatoms. The molecule has 28 heavy (non-hydrogen) atoms. The van der Waals surface area contributed by atoms with Crippen molar-refractivity contribution in [1.82, 2.24) is 5.32 Å². The lowest BCUT2D eigenvalue weighted by Gasteiger charge is -2.61. The first kappa shape index (κ1) is 18.7. The molecule has 0 saturated heterocycles. The van der Waals surface area contributed by atoms with Gasteiger partial charge >= 0.3 is 0 Å². The maximum atomic E-state index is 11.4. The molecular formula is C26H37NO. The summed E-state index contributed by atoms with van der Waals surface area (Å²) in [5.74, 6) is 4.51. The molecule has 0 aromatic rings. The predicted octanol–water partition coefficient (Wildman–Crippen LogP) is 6.02. The Balaban J connectivity index is 1.39. The zero-order chi connectivity index (χ0) is 19.4. The Kier molecular flexibility index (Phi) is 4.60. The van der Waals surface area contributed by atoms with Gasteiger partial charge in [-0.05, 0) is 104 Å². The minimum atomic E-state index is 0.341. The first-order valence-electron chi connectivity index (χ1n) is 11.8. The second kappa shape index (κ2) is 6.89. The number of allylic oxidation sites excluding steroid dienone is 5. The van der Waals surface area contributed by atoms with Crippen LogP contribution in [0.4, 0.5) is 0 Å². The van der Waals surface area contributed by atoms with Gasteiger partial charge in [-0.3, -0.25) is 0 Å². The van der Waals surface area contributed by atoms with Crippen LogP contribution in [-0.4, -0.2) is 6.29 Å². The van der Waals surface area contributed by atoms with Crippen molar-refractivity contribution in [1.29, 1.82) is 0 Å². The molecule has 0 aromatic carbocycles.